The van der Waals surface area contributed by atoms with E-state index in [1.54, 1.807) is 36.1 Å². The van der Waals surface area contributed by atoms with Gasteiger partial charge in [0.15, 0.2) is 0 Å². The maximum absolute atomic E-state index is 14.3. The Morgan fingerprint density at radius 2 is 1.72 bits per heavy atom. The fourth-order valence-corrected chi connectivity index (χ4v) is 5.91. The van der Waals surface area contributed by atoms with E-state index in [0.29, 0.717) is 24.3 Å². The number of nitrogens with one attached hydrogen (secondary N) is 1. The molecule has 0 bridgehead atoms. The molecule has 0 radical (unpaired) electrons. The van der Waals surface area contributed by atoms with Crippen LogP contribution in [0.5, 0.6) is 0 Å². The molecule has 1 aromatic heterocycles. The molecule has 1 saturated carbocycles. The van der Waals surface area contributed by atoms with E-state index >= 15 is 0 Å². The number of carbonyl (C=O) groups is 2. The first-order valence-electron chi connectivity index (χ1n) is 14.3. The lowest BCUT2D eigenvalue weighted by molar-refractivity contribution is -0.145. The fraction of sp³-hybridized carbons (Fsp3) is 0.484. The van der Waals surface area contributed by atoms with E-state index in [4.69, 9.17) is 9.47 Å². The van der Waals surface area contributed by atoms with Gasteiger partial charge in [0.25, 0.3) is 11.5 Å². The molecule has 9 nitrogen and oxygen atoms in total. The largest absolute Gasteiger partial charge is 0.467 e. The van der Waals surface area contributed by atoms with Crippen LogP contribution >= 0.6 is 0 Å². The minimum Gasteiger partial charge on any atom is -0.467 e. The molecule has 2 aliphatic rings. The second-order valence-corrected chi connectivity index (χ2v) is 11.5. The number of esters is 1. The van der Waals surface area contributed by atoms with Gasteiger partial charge >= 0.3 is 12.1 Å². The molecule has 230 valence electrons. The maximum atomic E-state index is 14.3. The van der Waals surface area contributed by atoms with Crippen LogP contribution in [0.3, 0.4) is 0 Å². The summed E-state index contributed by atoms with van der Waals surface area (Å²) in [4.78, 5) is 45.3. The number of methoxy groups -OCH3 is 1. The summed E-state index contributed by atoms with van der Waals surface area (Å²) in [6.45, 7) is 7.82. The molecular formula is C31H35F3N4O5. The molecule has 1 aliphatic carbocycles. The number of carbonyl (C=O) groups excluding carboxylic acids is 2. The lowest BCUT2D eigenvalue weighted by Gasteiger charge is -2.35. The van der Waals surface area contributed by atoms with Crippen LogP contribution in [0.4, 0.5) is 18.9 Å². The van der Waals surface area contributed by atoms with Crippen LogP contribution in [0.2, 0.25) is 0 Å². The average molecular weight is 601 g/mol. The topological polar surface area (TPSA) is 103 Å². The molecule has 2 heterocycles. The molecule has 2 fully saturated rings. The number of ether oxygens (including phenoxy) is 2. The van der Waals surface area contributed by atoms with Gasteiger partial charge in [0, 0.05) is 30.4 Å². The number of fused-ring (bicyclic) bond motifs is 1. The Morgan fingerprint density at radius 3 is 2.28 bits per heavy atom. The molecule has 1 saturated heterocycles. The zero-order valence-electron chi connectivity index (χ0n) is 24.7. The molecule has 5 rings (SSSR count). The molecular weight excluding hydrogens is 565 g/mol. The monoisotopic (exact) mass is 600 g/mol. The van der Waals surface area contributed by atoms with Crippen molar-refractivity contribution in [2.24, 2.45) is 5.92 Å². The van der Waals surface area contributed by atoms with Gasteiger partial charge in [-0.05, 0) is 88.4 Å². The third-order valence-corrected chi connectivity index (χ3v) is 8.03. The smallest absolute Gasteiger partial charge is 0.416 e. The zero-order chi connectivity index (χ0) is 31.2. The van der Waals surface area contributed by atoms with Crippen LogP contribution in [-0.2, 0) is 20.4 Å². The van der Waals surface area contributed by atoms with Gasteiger partial charge < -0.3 is 19.7 Å². The van der Waals surface area contributed by atoms with Gasteiger partial charge in [0.1, 0.15) is 11.9 Å². The van der Waals surface area contributed by atoms with Gasteiger partial charge in [-0.2, -0.15) is 13.2 Å². The highest BCUT2D eigenvalue weighted by Crippen LogP contribution is 2.41. The number of hydrogen-bond acceptors (Lipinski definition) is 7. The van der Waals surface area contributed by atoms with Gasteiger partial charge in [-0.15, -0.1) is 0 Å². The number of benzene rings is 2. The second kappa shape index (κ2) is 11.6. The number of morpholine rings is 1. The van der Waals surface area contributed by atoms with Gasteiger partial charge in [-0.25, -0.2) is 9.78 Å². The predicted octanol–water partition coefficient (Wildman–Crippen LogP) is 5.27. The summed E-state index contributed by atoms with van der Waals surface area (Å²) in [5.74, 6) is -0.688. The third kappa shape index (κ3) is 6.24. The fourth-order valence-electron chi connectivity index (χ4n) is 5.91. The van der Waals surface area contributed by atoms with Crippen LogP contribution in [0, 0.1) is 12.8 Å². The van der Waals surface area contributed by atoms with Crippen molar-refractivity contribution in [3.05, 3.63) is 69.3 Å². The number of anilines is 1. The first-order chi connectivity index (χ1) is 20.3. The van der Waals surface area contributed by atoms with Crippen molar-refractivity contribution >= 4 is 28.5 Å². The van der Waals surface area contributed by atoms with Crippen molar-refractivity contribution in [1.82, 2.24) is 14.5 Å². The molecule has 12 heteroatoms. The summed E-state index contributed by atoms with van der Waals surface area (Å²) in [6, 6.07) is 6.86. The second-order valence-electron chi connectivity index (χ2n) is 11.5. The molecule has 1 unspecified atom stereocenters. The SMILES string of the molecule is COC(=O)C(C1CC1)n1c(C)nc2cc(C(F)(F)F)c([C@H](C)Nc3ccc(C(=O)N4C[C@@H](C)O[C@@H](C)C4)cc3)cc2c1=O. The van der Waals surface area contributed by atoms with Crippen LogP contribution in [0.1, 0.15) is 73.0 Å². The lowest BCUT2D eigenvalue weighted by atomic mass is 9.97. The standard InChI is InChI=1S/C31H35F3N4O5/c1-16-14-37(15-17(2)43-16)28(39)21-8-10-22(11-9-21)35-18(3)23-12-24-26(13-25(23)31(32,33)34)36-19(4)38(29(24)40)27(20-6-7-20)30(41)42-5/h8-13,16-18,20,27,35H,6-7,14-15H2,1-5H3/t16-,17+,18-,27?/m0/s1. The summed E-state index contributed by atoms with van der Waals surface area (Å²) in [5, 5.41) is 3.05. The van der Waals surface area contributed by atoms with Crippen LogP contribution < -0.4 is 10.9 Å². The van der Waals surface area contributed by atoms with Gasteiger partial charge in [-0.3, -0.25) is 14.2 Å². The van der Waals surface area contributed by atoms with E-state index in [0.717, 1.165) is 18.9 Å². The molecule has 0 spiro atoms. The van der Waals surface area contributed by atoms with Crippen LogP contribution in [-0.4, -0.2) is 58.7 Å². The first kappa shape index (κ1) is 30.5. The highest BCUT2D eigenvalue weighted by molar-refractivity contribution is 5.94. The minimum atomic E-state index is -4.71. The number of amides is 1. The summed E-state index contributed by atoms with van der Waals surface area (Å²) in [6.07, 6.45) is -3.41. The Bertz CT molecular complexity index is 1590. The quantitative estimate of drug-likeness (QED) is 0.369. The highest BCUT2D eigenvalue weighted by Gasteiger charge is 2.41. The van der Waals surface area contributed by atoms with Gasteiger partial charge in [0.2, 0.25) is 0 Å². The molecule has 4 atom stereocenters. The third-order valence-electron chi connectivity index (χ3n) is 8.03. The van der Waals surface area contributed by atoms with Crippen LogP contribution in [0.25, 0.3) is 10.9 Å². The van der Waals surface area contributed by atoms with Crippen molar-refractivity contribution < 1.29 is 32.2 Å². The number of halogens is 3. The Labute approximate surface area is 247 Å². The predicted molar refractivity (Wildman–Crippen MR) is 154 cm³/mol. The lowest BCUT2D eigenvalue weighted by Crippen LogP contribution is -2.48. The number of hydrogen-bond donors (Lipinski definition) is 1. The zero-order valence-corrected chi connectivity index (χ0v) is 24.7. The van der Waals surface area contributed by atoms with Crippen molar-refractivity contribution in [2.75, 3.05) is 25.5 Å². The molecule has 2 aromatic carbocycles. The summed E-state index contributed by atoms with van der Waals surface area (Å²) >= 11 is 0. The highest BCUT2D eigenvalue weighted by atomic mass is 19.4. The van der Waals surface area contributed by atoms with E-state index in [2.05, 4.69) is 10.3 Å². The van der Waals surface area contributed by atoms with Crippen molar-refractivity contribution in [2.45, 2.75) is 71.0 Å². The van der Waals surface area contributed by atoms with E-state index in [9.17, 15) is 27.6 Å². The van der Waals surface area contributed by atoms with Crippen molar-refractivity contribution in [3.8, 4) is 0 Å². The average Bonchev–Trinajstić information content (AvgIpc) is 3.78. The Morgan fingerprint density at radius 1 is 1.09 bits per heavy atom. The molecule has 1 amide bonds. The first-order valence-corrected chi connectivity index (χ1v) is 14.3. The molecule has 1 N–H and O–H groups in total. The van der Waals surface area contributed by atoms with E-state index < -0.39 is 35.4 Å². The van der Waals surface area contributed by atoms with E-state index in [-0.39, 0.29) is 46.3 Å². The molecule has 43 heavy (non-hydrogen) atoms. The number of aromatic nitrogens is 2. The number of alkyl halides is 3. The van der Waals surface area contributed by atoms with Crippen molar-refractivity contribution in [3.63, 3.8) is 0 Å². The van der Waals surface area contributed by atoms with E-state index in [1.165, 1.54) is 24.7 Å². The van der Waals surface area contributed by atoms with Gasteiger partial charge in [-0.1, -0.05) is 0 Å². The molecule has 1 aliphatic heterocycles. The van der Waals surface area contributed by atoms with Crippen molar-refractivity contribution in [1.29, 1.82) is 0 Å². The normalized spacial score (nSPS) is 20.5. The minimum absolute atomic E-state index is 0.0216. The summed E-state index contributed by atoms with van der Waals surface area (Å²) in [7, 11) is 1.24. The Balaban J connectivity index is 1.47. The summed E-state index contributed by atoms with van der Waals surface area (Å²) < 4.78 is 54.7. The number of nitrogens with zero attached hydrogens (tertiary/aromatic N) is 3. The maximum Gasteiger partial charge on any atom is 0.416 e. The Kier molecular flexibility index (Phi) is 8.26. The Hall–Kier alpha value is -3.93. The van der Waals surface area contributed by atoms with Crippen LogP contribution in [0.15, 0.2) is 41.2 Å². The number of aryl methyl sites for hydroxylation is 1. The number of rotatable bonds is 7. The van der Waals surface area contributed by atoms with E-state index in [1.807, 2.05) is 13.8 Å². The summed E-state index contributed by atoms with van der Waals surface area (Å²) in [5.41, 5.74) is -0.804. The molecule has 3 aromatic rings. The van der Waals surface area contributed by atoms with Gasteiger partial charge in [0.05, 0.1) is 35.8 Å².